The Kier molecular flexibility index (Phi) is 4.83. The minimum Gasteiger partial charge on any atom is -0.462 e. The second-order valence-electron chi connectivity index (χ2n) is 6.33. The van der Waals surface area contributed by atoms with Crippen molar-refractivity contribution in [3.63, 3.8) is 0 Å². The molecule has 0 saturated carbocycles. The molecular weight excluding hydrogens is 378 g/mol. The predicted octanol–water partition coefficient (Wildman–Crippen LogP) is 4.53. The van der Waals surface area contributed by atoms with Gasteiger partial charge in [0, 0.05) is 22.9 Å². The molecule has 0 spiro atoms. The van der Waals surface area contributed by atoms with E-state index < -0.39 is 11.6 Å². The summed E-state index contributed by atoms with van der Waals surface area (Å²) in [5.41, 5.74) is 2.28. The molecule has 0 N–H and O–H groups in total. The number of esters is 1. The average molecular weight is 395 g/mol. The number of aromatic nitrogens is 1. The van der Waals surface area contributed by atoms with E-state index in [9.17, 15) is 9.59 Å². The number of fused-ring (bicyclic) bond motifs is 1. The molecule has 0 fully saturated rings. The lowest BCUT2D eigenvalue weighted by Gasteiger charge is -2.10. The summed E-state index contributed by atoms with van der Waals surface area (Å²) in [5, 5.41) is 3.35. The normalized spacial score (nSPS) is 11.1. The molecule has 0 saturated heterocycles. The van der Waals surface area contributed by atoms with Gasteiger partial charge < -0.3 is 13.6 Å². The quantitative estimate of drug-likeness (QED) is 0.280. The fourth-order valence-electron chi connectivity index (χ4n) is 2.97. The third-order valence-electron chi connectivity index (χ3n) is 4.35. The van der Waals surface area contributed by atoms with Crippen molar-refractivity contribution in [2.45, 2.75) is 26.7 Å². The summed E-state index contributed by atoms with van der Waals surface area (Å²) in [6, 6.07) is 8.56. The van der Waals surface area contributed by atoms with Crippen LogP contribution in [0, 0.1) is 6.92 Å². The van der Waals surface area contributed by atoms with Crippen molar-refractivity contribution < 1.29 is 18.4 Å². The maximum atomic E-state index is 12.4. The number of benzene rings is 1. The number of carbonyl (C=O) groups is 1. The minimum atomic E-state index is -0.431. The molecule has 0 bridgehead atoms. The van der Waals surface area contributed by atoms with Crippen molar-refractivity contribution >= 4 is 28.3 Å². The van der Waals surface area contributed by atoms with Gasteiger partial charge in [-0.2, -0.15) is 0 Å². The van der Waals surface area contributed by atoms with Crippen LogP contribution in [0.15, 0.2) is 55.6 Å². The molecule has 4 rings (SSSR count). The van der Waals surface area contributed by atoms with Crippen LogP contribution >= 0.6 is 11.3 Å². The van der Waals surface area contributed by atoms with Gasteiger partial charge in [0.1, 0.15) is 11.3 Å². The Morgan fingerprint density at radius 2 is 2.14 bits per heavy atom. The van der Waals surface area contributed by atoms with E-state index in [0.29, 0.717) is 34.2 Å². The van der Waals surface area contributed by atoms with E-state index in [2.05, 4.69) is 4.98 Å². The zero-order valence-electron chi connectivity index (χ0n) is 15.4. The first-order chi connectivity index (χ1) is 13.5. The molecule has 0 amide bonds. The van der Waals surface area contributed by atoms with Crippen LogP contribution in [0.2, 0.25) is 0 Å². The smallest absolute Gasteiger partial charge is 0.336 e. The van der Waals surface area contributed by atoms with E-state index in [4.69, 9.17) is 13.6 Å². The van der Waals surface area contributed by atoms with E-state index in [-0.39, 0.29) is 6.42 Å². The Bertz CT molecular complexity index is 1200. The highest BCUT2D eigenvalue weighted by atomic mass is 32.1. The van der Waals surface area contributed by atoms with E-state index in [1.54, 1.807) is 18.4 Å². The number of rotatable bonds is 5. The van der Waals surface area contributed by atoms with Gasteiger partial charge in [-0.05, 0) is 42.7 Å². The molecule has 0 aliphatic carbocycles. The van der Waals surface area contributed by atoms with Gasteiger partial charge >= 0.3 is 11.6 Å². The highest BCUT2D eigenvalue weighted by molar-refractivity contribution is 7.13. The van der Waals surface area contributed by atoms with Crippen LogP contribution < -0.4 is 10.4 Å². The number of ether oxygens (including phenoxy) is 1. The molecule has 1 aromatic carbocycles. The van der Waals surface area contributed by atoms with Gasteiger partial charge in [-0.25, -0.2) is 9.78 Å². The molecule has 0 radical (unpaired) electrons. The maximum absolute atomic E-state index is 12.4. The van der Waals surface area contributed by atoms with Crippen molar-refractivity contribution in [3.8, 4) is 16.5 Å². The van der Waals surface area contributed by atoms with Crippen LogP contribution in [0.5, 0.6) is 5.75 Å². The number of aryl methyl sites for hydroxylation is 2. The number of furan rings is 1. The summed E-state index contributed by atoms with van der Waals surface area (Å²) in [5.74, 6) is 0.633. The number of thiazole rings is 1. The first kappa shape index (κ1) is 18.2. The first-order valence-electron chi connectivity index (χ1n) is 8.80. The Morgan fingerprint density at radius 3 is 2.89 bits per heavy atom. The lowest BCUT2D eigenvalue weighted by atomic mass is 10.1. The summed E-state index contributed by atoms with van der Waals surface area (Å²) in [6.45, 7) is 3.83. The Hall–Kier alpha value is -3.19. The third kappa shape index (κ3) is 3.61. The fourth-order valence-corrected chi connectivity index (χ4v) is 3.76. The molecule has 0 aliphatic heterocycles. The number of hydrogen-bond donors (Lipinski definition) is 0. The topological polar surface area (TPSA) is 82.5 Å². The summed E-state index contributed by atoms with van der Waals surface area (Å²) in [6.07, 6.45) is 2.30. The Morgan fingerprint density at radius 1 is 1.29 bits per heavy atom. The van der Waals surface area contributed by atoms with E-state index in [0.717, 1.165) is 16.5 Å². The van der Waals surface area contributed by atoms with Crippen LogP contribution in [-0.4, -0.2) is 11.0 Å². The monoisotopic (exact) mass is 395 g/mol. The molecule has 28 heavy (non-hydrogen) atoms. The van der Waals surface area contributed by atoms with Crippen molar-refractivity contribution in [3.05, 3.63) is 69.2 Å². The van der Waals surface area contributed by atoms with Gasteiger partial charge in [-0.3, -0.25) is 4.79 Å². The molecule has 6 nitrogen and oxygen atoms in total. The third-order valence-corrected chi connectivity index (χ3v) is 5.25. The molecule has 142 valence electrons. The first-order valence-corrected chi connectivity index (χ1v) is 9.68. The second kappa shape index (κ2) is 7.44. The molecule has 3 aromatic heterocycles. The highest BCUT2D eigenvalue weighted by Gasteiger charge is 2.15. The average Bonchev–Trinajstić information content (AvgIpc) is 3.32. The van der Waals surface area contributed by atoms with E-state index >= 15 is 0 Å². The zero-order chi connectivity index (χ0) is 19.7. The minimum absolute atomic E-state index is 0.0379. The molecule has 7 heteroatoms. The van der Waals surface area contributed by atoms with Crippen molar-refractivity contribution in [1.82, 2.24) is 4.98 Å². The van der Waals surface area contributed by atoms with Crippen LogP contribution in [0.1, 0.15) is 23.7 Å². The summed E-state index contributed by atoms with van der Waals surface area (Å²) in [4.78, 5) is 28.5. The van der Waals surface area contributed by atoms with Crippen LogP contribution in [0.3, 0.4) is 0 Å². The van der Waals surface area contributed by atoms with E-state index in [1.807, 2.05) is 31.4 Å². The van der Waals surface area contributed by atoms with Gasteiger partial charge in [0.25, 0.3) is 0 Å². The fraction of sp³-hybridized carbons (Fsp3) is 0.190. The van der Waals surface area contributed by atoms with Gasteiger partial charge in [-0.1, -0.05) is 6.92 Å². The van der Waals surface area contributed by atoms with Crippen molar-refractivity contribution in [1.29, 1.82) is 0 Å². The SMILES string of the molecule is CCc1cc2c(C)cc(=O)oc2cc1OC(=O)Cc1csc(-c2ccco2)n1. The van der Waals surface area contributed by atoms with Crippen LogP contribution in [0.25, 0.3) is 21.7 Å². The van der Waals surface area contributed by atoms with Gasteiger partial charge in [-0.15, -0.1) is 11.3 Å². The van der Waals surface area contributed by atoms with Crippen LogP contribution in [0.4, 0.5) is 0 Å². The number of hydrogen-bond acceptors (Lipinski definition) is 7. The molecule has 0 atom stereocenters. The molecule has 4 aromatic rings. The van der Waals surface area contributed by atoms with Gasteiger partial charge in [0.2, 0.25) is 0 Å². The highest BCUT2D eigenvalue weighted by Crippen LogP contribution is 2.29. The predicted molar refractivity (Wildman–Crippen MR) is 106 cm³/mol. The lowest BCUT2D eigenvalue weighted by molar-refractivity contribution is -0.133. The summed E-state index contributed by atoms with van der Waals surface area (Å²) >= 11 is 1.41. The zero-order valence-corrected chi connectivity index (χ0v) is 16.2. The summed E-state index contributed by atoms with van der Waals surface area (Å²) in [7, 11) is 0. The summed E-state index contributed by atoms with van der Waals surface area (Å²) < 4.78 is 16.1. The number of nitrogens with zero attached hydrogens (tertiary/aromatic N) is 1. The number of carbonyl (C=O) groups excluding carboxylic acids is 1. The molecular formula is C21H17NO5S. The largest absolute Gasteiger partial charge is 0.462 e. The van der Waals surface area contributed by atoms with E-state index in [1.165, 1.54) is 17.4 Å². The van der Waals surface area contributed by atoms with Crippen molar-refractivity contribution in [2.75, 3.05) is 0 Å². The molecule has 0 aliphatic rings. The standard InChI is InChI=1S/C21H17NO5S/c1-3-13-8-15-12(2)7-19(23)27-18(15)10-17(13)26-20(24)9-14-11-28-21(22-14)16-5-4-6-25-16/h4-8,10-11H,3,9H2,1-2H3. The second-order valence-corrected chi connectivity index (χ2v) is 7.19. The van der Waals surface area contributed by atoms with Gasteiger partial charge in [0.05, 0.1) is 18.4 Å². The van der Waals surface area contributed by atoms with Gasteiger partial charge in [0.15, 0.2) is 10.8 Å². The van der Waals surface area contributed by atoms with Crippen molar-refractivity contribution in [2.24, 2.45) is 0 Å². The molecule has 3 heterocycles. The molecule has 0 unspecified atom stereocenters. The lowest BCUT2D eigenvalue weighted by Crippen LogP contribution is -2.13. The Balaban J connectivity index is 1.57. The Labute approximate surface area is 164 Å². The maximum Gasteiger partial charge on any atom is 0.336 e. The van der Waals surface area contributed by atoms with Crippen LogP contribution in [-0.2, 0) is 17.6 Å².